The second-order valence-electron chi connectivity index (χ2n) is 4.58. The molecule has 0 aliphatic heterocycles. The van der Waals surface area contributed by atoms with E-state index in [4.69, 9.17) is 0 Å². The Kier molecular flexibility index (Phi) is 4.93. The Labute approximate surface area is 126 Å². The Morgan fingerprint density at radius 3 is 2.55 bits per heavy atom. The van der Waals surface area contributed by atoms with Crippen molar-refractivity contribution in [2.45, 2.75) is 13.0 Å². The molecule has 2 aromatic carbocycles. The number of nitrogens with one attached hydrogen (secondary N) is 1. The average Bonchev–Trinajstić information content (AvgIpc) is 2.48. The molecule has 0 aromatic heterocycles. The quantitative estimate of drug-likeness (QED) is 0.902. The first-order valence-electron chi connectivity index (χ1n) is 6.34. The lowest BCUT2D eigenvalue weighted by Gasteiger charge is -2.17. The van der Waals surface area contributed by atoms with Gasteiger partial charge >= 0.3 is 0 Å². The first kappa shape index (κ1) is 14.8. The molecule has 4 heteroatoms. The van der Waals surface area contributed by atoms with Crippen LogP contribution in [0.2, 0.25) is 0 Å². The summed E-state index contributed by atoms with van der Waals surface area (Å²) < 4.78 is 0.968. The fourth-order valence-corrected chi connectivity index (χ4v) is 2.19. The number of benzene rings is 2. The molecule has 2 aromatic rings. The minimum Gasteiger partial charge on any atom is -0.394 e. The van der Waals surface area contributed by atoms with Gasteiger partial charge in [-0.1, -0.05) is 46.3 Å². The highest BCUT2D eigenvalue weighted by atomic mass is 79.9. The second kappa shape index (κ2) is 6.68. The summed E-state index contributed by atoms with van der Waals surface area (Å²) in [6.07, 6.45) is 0. The summed E-state index contributed by atoms with van der Waals surface area (Å²) >= 11 is 3.41. The van der Waals surface area contributed by atoms with Gasteiger partial charge in [0.15, 0.2) is 0 Å². The van der Waals surface area contributed by atoms with Gasteiger partial charge < -0.3 is 10.4 Å². The van der Waals surface area contributed by atoms with Crippen LogP contribution in [-0.2, 0) is 0 Å². The molecule has 2 N–H and O–H groups in total. The SMILES string of the molecule is Cc1cc(C(=O)N[C@@H](CO)c2ccccc2)ccc1Br. The largest absolute Gasteiger partial charge is 0.394 e. The highest BCUT2D eigenvalue weighted by molar-refractivity contribution is 9.10. The molecular formula is C16H16BrNO2. The zero-order chi connectivity index (χ0) is 14.5. The lowest BCUT2D eigenvalue weighted by Crippen LogP contribution is -2.30. The van der Waals surface area contributed by atoms with Crippen molar-refractivity contribution in [2.24, 2.45) is 0 Å². The molecule has 0 heterocycles. The van der Waals surface area contributed by atoms with Crippen LogP contribution in [0.4, 0.5) is 0 Å². The van der Waals surface area contributed by atoms with Crippen LogP contribution in [0.15, 0.2) is 53.0 Å². The minimum absolute atomic E-state index is 0.134. The van der Waals surface area contributed by atoms with Crippen molar-refractivity contribution in [3.8, 4) is 0 Å². The molecule has 0 aliphatic rings. The average molecular weight is 334 g/mol. The van der Waals surface area contributed by atoms with E-state index in [-0.39, 0.29) is 12.5 Å². The number of halogens is 1. The Hall–Kier alpha value is -1.65. The van der Waals surface area contributed by atoms with E-state index in [2.05, 4.69) is 21.2 Å². The van der Waals surface area contributed by atoms with E-state index in [9.17, 15) is 9.90 Å². The highest BCUT2D eigenvalue weighted by Gasteiger charge is 2.15. The van der Waals surface area contributed by atoms with Crippen molar-refractivity contribution < 1.29 is 9.90 Å². The Morgan fingerprint density at radius 1 is 1.25 bits per heavy atom. The van der Waals surface area contributed by atoms with E-state index in [1.807, 2.05) is 49.4 Å². The summed E-state index contributed by atoms with van der Waals surface area (Å²) in [6.45, 7) is 1.80. The standard InChI is InChI=1S/C16H16BrNO2/c1-11-9-13(7-8-14(11)17)16(20)18-15(10-19)12-5-3-2-4-6-12/h2-9,15,19H,10H2,1H3,(H,18,20)/t15-/m0/s1. The highest BCUT2D eigenvalue weighted by Crippen LogP contribution is 2.18. The second-order valence-corrected chi connectivity index (χ2v) is 5.44. The van der Waals surface area contributed by atoms with Crippen molar-refractivity contribution in [1.29, 1.82) is 0 Å². The van der Waals surface area contributed by atoms with Crippen LogP contribution in [0, 0.1) is 6.92 Å². The van der Waals surface area contributed by atoms with Crippen LogP contribution in [0.25, 0.3) is 0 Å². The van der Waals surface area contributed by atoms with Crippen molar-refractivity contribution in [1.82, 2.24) is 5.32 Å². The molecule has 0 radical (unpaired) electrons. The molecule has 20 heavy (non-hydrogen) atoms. The predicted octanol–water partition coefficient (Wildman–Crippen LogP) is 3.22. The Morgan fingerprint density at radius 2 is 1.95 bits per heavy atom. The van der Waals surface area contributed by atoms with E-state index in [1.54, 1.807) is 6.07 Å². The van der Waals surface area contributed by atoms with Crippen molar-refractivity contribution in [2.75, 3.05) is 6.61 Å². The van der Waals surface area contributed by atoms with Crippen LogP contribution < -0.4 is 5.32 Å². The molecule has 0 aliphatic carbocycles. The zero-order valence-corrected chi connectivity index (χ0v) is 12.7. The van der Waals surface area contributed by atoms with Gasteiger partial charge in [0.1, 0.15) is 0 Å². The topological polar surface area (TPSA) is 49.3 Å². The third-order valence-electron chi connectivity index (χ3n) is 3.11. The van der Waals surface area contributed by atoms with Gasteiger partial charge in [0, 0.05) is 10.0 Å². The predicted molar refractivity (Wildman–Crippen MR) is 82.6 cm³/mol. The van der Waals surface area contributed by atoms with E-state index in [0.29, 0.717) is 5.56 Å². The van der Waals surface area contributed by atoms with E-state index in [1.165, 1.54) is 0 Å². The van der Waals surface area contributed by atoms with Gasteiger partial charge in [0.05, 0.1) is 12.6 Å². The first-order chi connectivity index (χ1) is 9.61. The summed E-state index contributed by atoms with van der Waals surface area (Å²) in [5.74, 6) is -0.191. The van der Waals surface area contributed by atoms with Crippen LogP contribution in [0.5, 0.6) is 0 Å². The van der Waals surface area contributed by atoms with Gasteiger partial charge in [-0.3, -0.25) is 4.79 Å². The van der Waals surface area contributed by atoms with Crippen molar-refractivity contribution in [3.05, 3.63) is 69.7 Å². The van der Waals surface area contributed by atoms with Crippen molar-refractivity contribution in [3.63, 3.8) is 0 Å². The molecule has 1 amide bonds. The number of hydrogen-bond donors (Lipinski definition) is 2. The van der Waals surface area contributed by atoms with Gasteiger partial charge in [-0.2, -0.15) is 0 Å². The Balaban J connectivity index is 2.15. The van der Waals surface area contributed by atoms with Crippen molar-refractivity contribution >= 4 is 21.8 Å². The Bertz CT molecular complexity index is 599. The maximum atomic E-state index is 12.2. The first-order valence-corrected chi connectivity index (χ1v) is 7.14. The number of aliphatic hydroxyl groups is 1. The number of carbonyl (C=O) groups excluding carboxylic acids is 1. The molecule has 104 valence electrons. The maximum absolute atomic E-state index is 12.2. The third-order valence-corrected chi connectivity index (χ3v) is 4.00. The number of aryl methyl sites for hydroxylation is 1. The van der Waals surface area contributed by atoms with Crippen LogP contribution in [0.1, 0.15) is 27.5 Å². The molecule has 0 saturated carbocycles. The van der Waals surface area contributed by atoms with Crippen LogP contribution in [0.3, 0.4) is 0 Å². The zero-order valence-electron chi connectivity index (χ0n) is 11.1. The van der Waals surface area contributed by atoms with Gasteiger partial charge in [0.25, 0.3) is 5.91 Å². The van der Waals surface area contributed by atoms with Crippen LogP contribution >= 0.6 is 15.9 Å². The van der Waals surface area contributed by atoms with E-state index < -0.39 is 6.04 Å². The molecule has 0 bridgehead atoms. The summed E-state index contributed by atoms with van der Waals surface area (Å²) in [5, 5.41) is 12.3. The number of hydrogen-bond acceptors (Lipinski definition) is 2. The molecule has 3 nitrogen and oxygen atoms in total. The molecule has 0 unspecified atom stereocenters. The van der Waals surface area contributed by atoms with Gasteiger partial charge in [-0.15, -0.1) is 0 Å². The van der Waals surface area contributed by atoms with E-state index >= 15 is 0 Å². The van der Waals surface area contributed by atoms with Gasteiger partial charge in [-0.25, -0.2) is 0 Å². The molecule has 0 saturated heterocycles. The minimum atomic E-state index is -0.396. The maximum Gasteiger partial charge on any atom is 0.251 e. The number of aliphatic hydroxyl groups excluding tert-OH is 1. The van der Waals surface area contributed by atoms with Gasteiger partial charge in [-0.05, 0) is 36.2 Å². The lowest BCUT2D eigenvalue weighted by molar-refractivity contribution is 0.0916. The summed E-state index contributed by atoms with van der Waals surface area (Å²) in [5.41, 5.74) is 2.47. The molecular weight excluding hydrogens is 318 g/mol. The summed E-state index contributed by atoms with van der Waals surface area (Å²) in [6, 6.07) is 14.5. The molecule has 0 fully saturated rings. The molecule has 1 atom stereocenters. The number of rotatable bonds is 4. The fraction of sp³-hybridized carbons (Fsp3) is 0.188. The molecule has 2 rings (SSSR count). The fourth-order valence-electron chi connectivity index (χ4n) is 1.95. The monoisotopic (exact) mass is 333 g/mol. The summed E-state index contributed by atoms with van der Waals surface area (Å²) in [4.78, 5) is 12.2. The number of carbonyl (C=O) groups is 1. The smallest absolute Gasteiger partial charge is 0.251 e. The van der Waals surface area contributed by atoms with Crippen LogP contribution in [-0.4, -0.2) is 17.6 Å². The van der Waals surface area contributed by atoms with E-state index in [0.717, 1.165) is 15.6 Å². The molecule has 0 spiro atoms. The lowest BCUT2D eigenvalue weighted by atomic mass is 10.1. The number of amides is 1. The summed E-state index contributed by atoms with van der Waals surface area (Å²) in [7, 11) is 0. The van der Waals surface area contributed by atoms with Gasteiger partial charge in [0.2, 0.25) is 0 Å². The normalized spacial score (nSPS) is 11.9. The third kappa shape index (κ3) is 3.46.